The van der Waals surface area contributed by atoms with E-state index in [1.807, 2.05) is 50.2 Å². The van der Waals surface area contributed by atoms with Gasteiger partial charge in [0.1, 0.15) is 5.76 Å². The standard InChI is InChI=1S/C19H17ClN2O2/c1-12-10-15(20)8-9-16(12)21-18(23)11-17-13(2)24-19(22-17)14-6-4-3-5-7-14/h3-10H,11H2,1-2H3,(H,21,23). The average Bonchev–Trinajstić information content (AvgIpc) is 2.92. The first-order valence-electron chi connectivity index (χ1n) is 7.60. The Kier molecular flexibility index (Phi) is 4.67. The van der Waals surface area contributed by atoms with Crippen molar-refractivity contribution in [1.82, 2.24) is 4.98 Å². The lowest BCUT2D eigenvalue weighted by molar-refractivity contribution is -0.115. The lowest BCUT2D eigenvalue weighted by Gasteiger charge is -2.08. The maximum Gasteiger partial charge on any atom is 0.230 e. The highest BCUT2D eigenvalue weighted by Crippen LogP contribution is 2.23. The molecule has 4 nitrogen and oxygen atoms in total. The number of aromatic nitrogens is 1. The van der Waals surface area contributed by atoms with Gasteiger partial charge in [-0.1, -0.05) is 29.8 Å². The van der Waals surface area contributed by atoms with E-state index in [1.165, 1.54) is 0 Å². The first-order chi connectivity index (χ1) is 11.5. The van der Waals surface area contributed by atoms with Gasteiger partial charge in [-0.2, -0.15) is 0 Å². The van der Waals surface area contributed by atoms with E-state index < -0.39 is 0 Å². The van der Waals surface area contributed by atoms with Crippen LogP contribution >= 0.6 is 11.6 Å². The minimum Gasteiger partial charge on any atom is -0.441 e. The highest BCUT2D eigenvalue weighted by atomic mass is 35.5. The molecule has 0 fully saturated rings. The molecule has 1 N–H and O–H groups in total. The van der Waals surface area contributed by atoms with Gasteiger partial charge in [-0.05, 0) is 49.7 Å². The molecular weight excluding hydrogens is 324 g/mol. The Bertz CT molecular complexity index is 872. The molecule has 3 aromatic rings. The first-order valence-corrected chi connectivity index (χ1v) is 7.98. The largest absolute Gasteiger partial charge is 0.441 e. The van der Waals surface area contributed by atoms with Crippen LogP contribution in [-0.2, 0) is 11.2 Å². The van der Waals surface area contributed by atoms with E-state index in [0.29, 0.717) is 22.4 Å². The fraction of sp³-hybridized carbons (Fsp3) is 0.158. The van der Waals surface area contributed by atoms with Crippen LogP contribution in [0.4, 0.5) is 5.69 Å². The Morgan fingerprint density at radius 2 is 1.92 bits per heavy atom. The van der Waals surface area contributed by atoms with Crippen LogP contribution in [0.1, 0.15) is 17.0 Å². The molecule has 2 aromatic carbocycles. The predicted molar refractivity (Wildman–Crippen MR) is 95.2 cm³/mol. The summed E-state index contributed by atoms with van der Waals surface area (Å²) in [5.41, 5.74) is 3.19. The van der Waals surface area contributed by atoms with Crippen molar-refractivity contribution < 1.29 is 9.21 Å². The second-order valence-electron chi connectivity index (χ2n) is 5.57. The molecule has 0 saturated carbocycles. The van der Waals surface area contributed by atoms with Gasteiger partial charge in [0.15, 0.2) is 0 Å². The van der Waals surface area contributed by atoms with E-state index in [-0.39, 0.29) is 12.3 Å². The molecule has 0 bridgehead atoms. The number of benzene rings is 2. The lowest BCUT2D eigenvalue weighted by atomic mass is 10.2. The summed E-state index contributed by atoms with van der Waals surface area (Å²) in [5.74, 6) is 1.03. The van der Waals surface area contributed by atoms with Crippen molar-refractivity contribution in [1.29, 1.82) is 0 Å². The minimum absolute atomic E-state index is 0.142. The summed E-state index contributed by atoms with van der Waals surface area (Å²) < 4.78 is 5.68. The van der Waals surface area contributed by atoms with Crippen molar-refractivity contribution in [3.8, 4) is 11.5 Å². The Balaban J connectivity index is 1.74. The van der Waals surface area contributed by atoms with Crippen molar-refractivity contribution in [2.24, 2.45) is 0 Å². The first kappa shape index (κ1) is 16.3. The van der Waals surface area contributed by atoms with Gasteiger partial charge in [0.05, 0.1) is 12.1 Å². The Morgan fingerprint density at radius 3 is 2.62 bits per heavy atom. The summed E-state index contributed by atoms with van der Waals surface area (Å²) in [6.07, 6.45) is 0.157. The van der Waals surface area contributed by atoms with E-state index in [2.05, 4.69) is 10.3 Å². The van der Waals surface area contributed by atoms with Crippen LogP contribution in [0.2, 0.25) is 5.02 Å². The highest BCUT2D eigenvalue weighted by Gasteiger charge is 2.15. The Labute approximate surface area is 145 Å². The maximum absolute atomic E-state index is 12.3. The molecule has 0 unspecified atom stereocenters. The van der Waals surface area contributed by atoms with Crippen molar-refractivity contribution in [2.75, 3.05) is 5.32 Å². The van der Waals surface area contributed by atoms with Gasteiger partial charge in [-0.15, -0.1) is 0 Å². The molecule has 1 heterocycles. The number of aryl methyl sites for hydroxylation is 2. The van der Waals surface area contributed by atoms with E-state index in [4.69, 9.17) is 16.0 Å². The third-order valence-electron chi connectivity index (χ3n) is 3.70. The SMILES string of the molecule is Cc1cc(Cl)ccc1NC(=O)Cc1nc(-c2ccccc2)oc1C. The number of amides is 1. The normalized spacial score (nSPS) is 10.6. The average molecular weight is 341 g/mol. The topological polar surface area (TPSA) is 55.1 Å². The minimum atomic E-state index is -0.142. The number of hydrogen-bond donors (Lipinski definition) is 1. The second-order valence-corrected chi connectivity index (χ2v) is 6.01. The number of hydrogen-bond acceptors (Lipinski definition) is 3. The lowest BCUT2D eigenvalue weighted by Crippen LogP contribution is -2.15. The number of carbonyl (C=O) groups is 1. The molecule has 0 aliphatic carbocycles. The van der Waals surface area contributed by atoms with E-state index in [9.17, 15) is 4.79 Å². The Hall–Kier alpha value is -2.59. The molecule has 122 valence electrons. The van der Waals surface area contributed by atoms with Gasteiger partial charge in [-0.25, -0.2) is 4.98 Å². The summed E-state index contributed by atoms with van der Waals surface area (Å²) in [5, 5.41) is 3.53. The van der Waals surface area contributed by atoms with Gasteiger partial charge in [0, 0.05) is 16.3 Å². The fourth-order valence-corrected chi connectivity index (χ4v) is 2.64. The van der Waals surface area contributed by atoms with Crippen molar-refractivity contribution in [2.45, 2.75) is 20.3 Å². The molecule has 0 aliphatic rings. The summed E-state index contributed by atoms with van der Waals surface area (Å²) >= 11 is 5.93. The highest BCUT2D eigenvalue weighted by molar-refractivity contribution is 6.30. The molecule has 3 rings (SSSR count). The van der Waals surface area contributed by atoms with E-state index in [0.717, 1.165) is 16.8 Å². The fourth-order valence-electron chi connectivity index (χ4n) is 2.41. The van der Waals surface area contributed by atoms with Crippen LogP contribution in [0.25, 0.3) is 11.5 Å². The predicted octanol–water partition coefficient (Wildman–Crippen LogP) is 4.79. The second kappa shape index (κ2) is 6.89. The van der Waals surface area contributed by atoms with Crippen LogP contribution in [0, 0.1) is 13.8 Å². The summed E-state index contributed by atoms with van der Waals surface area (Å²) in [6, 6.07) is 15.0. The number of halogens is 1. The number of carbonyl (C=O) groups excluding carboxylic acids is 1. The zero-order valence-corrected chi connectivity index (χ0v) is 14.2. The van der Waals surface area contributed by atoms with E-state index >= 15 is 0 Å². The molecule has 5 heteroatoms. The maximum atomic E-state index is 12.3. The molecule has 24 heavy (non-hydrogen) atoms. The number of nitrogens with one attached hydrogen (secondary N) is 1. The van der Waals surface area contributed by atoms with Crippen LogP contribution in [0.3, 0.4) is 0 Å². The molecule has 1 aromatic heterocycles. The van der Waals surface area contributed by atoms with Gasteiger partial charge in [0.2, 0.25) is 11.8 Å². The Morgan fingerprint density at radius 1 is 1.17 bits per heavy atom. The molecule has 0 spiro atoms. The van der Waals surface area contributed by atoms with Gasteiger partial charge in [0.25, 0.3) is 0 Å². The number of nitrogens with zero attached hydrogens (tertiary/aromatic N) is 1. The zero-order chi connectivity index (χ0) is 17.1. The summed E-state index contributed by atoms with van der Waals surface area (Å²) in [7, 11) is 0. The molecule has 1 amide bonds. The molecule has 0 atom stereocenters. The summed E-state index contributed by atoms with van der Waals surface area (Å²) in [6.45, 7) is 3.71. The van der Waals surface area contributed by atoms with Crippen molar-refractivity contribution in [3.63, 3.8) is 0 Å². The van der Waals surface area contributed by atoms with Gasteiger partial charge >= 0.3 is 0 Å². The quantitative estimate of drug-likeness (QED) is 0.742. The number of oxazole rings is 1. The molecule has 0 saturated heterocycles. The molecule has 0 aliphatic heterocycles. The van der Waals surface area contributed by atoms with Crippen molar-refractivity contribution >= 4 is 23.2 Å². The van der Waals surface area contributed by atoms with E-state index in [1.54, 1.807) is 12.1 Å². The third-order valence-corrected chi connectivity index (χ3v) is 3.94. The van der Waals surface area contributed by atoms with Crippen LogP contribution in [-0.4, -0.2) is 10.9 Å². The molecule has 0 radical (unpaired) electrons. The van der Waals surface area contributed by atoms with Crippen LogP contribution < -0.4 is 5.32 Å². The third kappa shape index (κ3) is 3.66. The summed E-state index contributed by atoms with van der Waals surface area (Å²) in [4.78, 5) is 16.7. The van der Waals surface area contributed by atoms with Crippen LogP contribution in [0.15, 0.2) is 52.9 Å². The number of rotatable bonds is 4. The van der Waals surface area contributed by atoms with Gasteiger partial charge in [-0.3, -0.25) is 4.79 Å². The smallest absolute Gasteiger partial charge is 0.230 e. The molecular formula is C19H17ClN2O2. The zero-order valence-electron chi connectivity index (χ0n) is 13.5. The van der Waals surface area contributed by atoms with Crippen molar-refractivity contribution in [3.05, 3.63) is 70.6 Å². The number of anilines is 1. The monoisotopic (exact) mass is 340 g/mol. The van der Waals surface area contributed by atoms with Crippen LogP contribution in [0.5, 0.6) is 0 Å². The van der Waals surface area contributed by atoms with Gasteiger partial charge < -0.3 is 9.73 Å².